The maximum Gasteiger partial charge on any atom is 0.224 e. The molecule has 0 aliphatic rings. The molecule has 2 rings (SSSR count). The Kier molecular flexibility index (Phi) is 4.13. The number of amides is 1. The van der Waals surface area contributed by atoms with Crippen LogP contribution in [0.1, 0.15) is 16.7 Å². The molecule has 0 fully saturated rings. The summed E-state index contributed by atoms with van der Waals surface area (Å²) in [5.41, 5.74) is 9.43. The van der Waals surface area contributed by atoms with E-state index in [1.807, 2.05) is 31.2 Å². The number of rotatable bonds is 4. The van der Waals surface area contributed by atoms with Crippen LogP contribution in [0.4, 0.5) is 5.69 Å². The Balaban J connectivity index is 1.90. The highest BCUT2D eigenvalue weighted by atomic mass is 16.1. The van der Waals surface area contributed by atoms with Gasteiger partial charge in [-0.3, -0.25) is 9.78 Å². The van der Waals surface area contributed by atoms with Crippen molar-refractivity contribution in [3.8, 4) is 0 Å². The first-order chi connectivity index (χ1) is 9.15. The molecule has 0 saturated heterocycles. The third-order valence-electron chi connectivity index (χ3n) is 2.94. The Morgan fingerprint density at radius 3 is 2.95 bits per heavy atom. The third kappa shape index (κ3) is 3.81. The van der Waals surface area contributed by atoms with E-state index < -0.39 is 0 Å². The summed E-state index contributed by atoms with van der Waals surface area (Å²) in [7, 11) is 0. The van der Waals surface area contributed by atoms with Crippen molar-refractivity contribution in [2.24, 2.45) is 0 Å². The summed E-state index contributed by atoms with van der Waals surface area (Å²) in [4.78, 5) is 15.9. The minimum absolute atomic E-state index is 0.0196. The van der Waals surface area contributed by atoms with Crippen LogP contribution in [0.3, 0.4) is 0 Å². The molecule has 0 radical (unpaired) electrons. The second-order valence-corrected chi connectivity index (χ2v) is 4.50. The van der Waals surface area contributed by atoms with Gasteiger partial charge in [0.25, 0.3) is 0 Å². The van der Waals surface area contributed by atoms with E-state index in [1.54, 1.807) is 18.5 Å². The standard InChI is InChI=1S/C15H17N3O/c1-11-5-6-17-9-13(11)10-18-15(19)8-12-3-2-4-14(16)7-12/h2-7,9H,8,10,16H2,1H3,(H,18,19). The predicted octanol–water partition coefficient (Wildman–Crippen LogP) is 1.83. The molecule has 2 aromatic rings. The number of hydrogen-bond acceptors (Lipinski definition) is 3. The normalized spacial score (nSPS) is 10.2. The van der Waals surface area contributed by atoms with Crippen LogP contribution in [0.25, 0.3) is 0 Å². The Morgan fingerprint density at radius 1 is 1.37 bits per heavy atom. The Hall–Kier alpha value is -2.36. The van der Waals surface area contributed by atoms with Crippen LogP contribution in [0.5, 0.6) is 0 Å². The smallest absolute Gasteiger partial charge is 0.224 e. The van der Waals surface area contributed by atoms with Gasteiger partial charge >= 0.3 is 0 Å². The number of benzene rings is 1. The number of nitrogen functional groups attached to an aromatic ring is 1. The van der Waals surface area contributed by atoms with Gasteiger partial charge in [-0.05, 0) is 41.8 Å². The lowest BCUT2D eigenvalue weighted by molar-refractivity contribution is -0.120. The second kappa shape index (κ2) is 6.00. The number of carbonyl (C=O) groups is 1. The van der Waals surface area contributed by atoms with Crippen molar-refractivity contribution in [1.82, 2.24) is 10.3 Å². The number of nitrogens with two attached hydrogens (primary N) is 1. The van der Waals surface area contributed by atoms with Gasteiger partial charge in [0.1, 0.15) is 0 Å². The number of carbonyl (C=O) groups excluding carboxylic acids is 1. The molecule has 1 amide bonds. The van der Waals surface area contributed by atoms with Crippen LogP contribution in [0.2, 0.25) is 0 Å². The van der Waals surface area contributed by atoms with Crippen LogP contribution in [-0.2, 0) is 17.8 Å². The first-order valence-corrected chi connectivity index (χ1v) is 6.16. The summed E-state index contributed by atoms with van der Waals surface area (Å²) < 4.78 is 0. The summed E-state index contributed by atoms with van der Waals surface area (Å²) in [6.45, 7) is 2.50. The van der Waals surface area contributed by atoms with Gasteiger partial charge in [-0.15, -0.1) is 0 Å². The van der Waals surface area contributed by atoms with Crippen LogP contribution >= 0.6 is 0 Å². The molecule has 19 heavy (non-hydrogen) atoms. The molecule has 0 unspecified atom stereocenters. The van der Waals surface area contributed by atoms with Gasteiger partial charge in [-0.25, -0.2) is 0 Å². The summed E-state index contributed by atoms with van der Waals surface area (Å²) in [6, 6.07) is 9.29. The molecule has 0 atom stereocenters. The largest absolute Gasteiger partial charge is 0.399 e. The van der Waals surface area contributed by atoms with Gasteiger partial charge < -0.3 is 11.1 Å². The van der Waals surface area contributed by atoms with Crippen molar-refractivity contribution in [2.75, 3.05) is 5.73 Å². The van der Waals surface area contributed by atoms with E-state index in [4.69, 9.17) is 5.73 Å². The number of pyridine rings is 1. The third-order valence-corrected chi connectivity index (χ3v) is 2.94. The monoisotopic (exact) mass is 255 g/mol. The molecule has 0 saturated carbocycles. The molecular formula is C15H17N3O. The average Bonchev–Trinajstić information content (AvgIpc) is 2.38. The fourth-order valence-corrected chi connectivity index (χ4v) is 1.83. The van der Waals surface area contributed by atoms with Crippen molar-refractivity contribution in [1.29, 1.82) is 0 Å². The molecule has 3 N–H and O–H groups in total. The van der Waals surface area contributed by atoms with Gasteiger partial charge in [0.05, 0.1) is 6.42 Å². The van der Waals surface area contributed by atoms with Gasteiger partial charge in [0.15, 0.2) is 0 Å². The lowest BCUT2D eigenvalue weighted by Crippen LogP contribution is -2.25. The van der Waals surface area contributed by atoms with Gasteiger partial charge in [-0.1, -0.05) is 12.1 Å². The number of aromatic nitrogens is 1. The summed E-state index contributed by atoms with van der Waals surface area (Å²) >= 11 is 0. The lowest BCUT2D eigenvalue weighted by atomic mass is 10.1. The Labute approximate surface area is 112 Å². The fraction of sp³-hybridized carbons (Fsp3) is 0.200. The van der Waals surface area contributed by atoms with Crippen molar-refractivity contribution in [3.05, 3.63) is 59.4 Å². The number of nitrogens with zero attached hydrogens (tertiary/aromatic N) is 1. The Morgan fingerprint density at radius 2 is 2.21 bits per heavy atom. The van der Waals surface area contributed by atoms with E-state index in [2.05, 4.69) is 10.3 Å². The molecule has 4 heteroatoms. The highest BCUT2D eigenvalue weighted by Crippen LogP contribution is 2.08. The van der Waals surface area contributed by atoms with E-state index in [0.717, 1.165) is 16.7 Å². The van der Waals surface area contributed by atoms with Crippen LogP contribution in [0, 0.1) is 6.92 Å². The average molecular weight is 255 g/mol. The molecule has 1 aromatic carbocycles. The number of hydrogen-bond donors (Lipinski definition) is 2. The lowest BCUT2D eigenvalue weighted by Gasteiger charge is -2.07. The summed E-state index contributed by atoms with van der Waals surface area (Å²) in [5.74, 6) is -0.0196. The molecular weight excluding hydrogens is 238 g/mol. The second-order valence-electron chi connectivity index (χ2n) is 4.50. The quantitative estimate of drug-likeness (QED) is 0.819. The van der Waals surface area contributed by atoms with E-state index in [9.17, 15) is 4.79 Å². The first-order valence-electron chi connectivity index (χ1n) is 6.16. The minimum atomic E-state index is -0.0196. The zero-order valence-electron chi connectivity index (χ0n) is 10.9. The van der Waals surface area contributed by atoms with Gasteiger partial charge in [0.2, 0.25) is 5.91 Å². The van der Waals surface area contributed by atoms with Crippen LogP contribution < -0.4 is 11.1 Å². The van der Waals surface area contributed by atoms with Crippen molar-refractivity contribution in [3.63, 3.8) is 0 Å². The maximum absolute atomic E-state index is 11.8. The van der Waals surface area contributed by atoms with Gasteiger partial charge in [-0.2, -0.15) is 0 Å². The van der Waals surface area contributed by atoms with Crippen molar-refractivity contribution in [2.45, 2.75) is 19.9 Å². The Bertz CT molecular complexity index is 581. The fourth-order valence-electron chi connectivity index (χ4n) is 1.83. The number of anilines is 1. The zero-order valence-corrected chi connectivity index (χ0v) is 10.9. The van der Waals surface area contributed by atoms with E-state index in [-0.39, 0.29) is 5.91 Å². The molecule has 0 aliphatic heterocycles. The summed E-state index contributed by atoms with van der Waals surface area (Å²) in [6.07, 6.45) is 3.86. The molecule has 0 bridgehead atoms. The predicted molar refractivity (Wildman–Crippen MR) is 75.4 cm³/mol. The maximum atomic E-state index is 11.8. The number of nitrogens with one attached hydrogen (secondary N) is 1. The molecule has 1 aromatic heterocycles. The molecule has 98 valence electrons. The van der Waals surface area contributed by atoms with Crippen LogP contribution in [-0.4, -0.2) is 10.9 Å². The highest BCUT2D eigenvalue weighted by Gasteiger charge is 2.04. The SMILES string of the molecule is Cc1ccncc1CNC(=O)Cc1cccc(N)c1. The van der Waals surface area contributed by atoms with E-state index in [1.165, 1.54) is 0 Å². The zero-order chi connectivity index (χ0) is 13.7. The van der Waals surface area contributed by atoms with E-state index in [0.29, 0.717) is 18.7 Å². The molecule has 0 spiro atoms. The van der Waals surface area contributed by atoms with Crippen LogP contribution in [0.15, 0.2) is 42.7 Å². The molecule has 4 nitrogen and oxygen atoms in total. The van der Waals surface area contributed by atoms with E-state index >= 15 is 0 Å². The topological polar surface area (TPSA) is 68.0 Å². The van der Waals surface area contributed by atoms with Crippen molar-refractivity contribution < 1.29 is 4.79 Å². The van der Waals surface area contributed by atoms with Gasteiger partial charge in [0, 0.05) is 24.6 Å². The minimum Gasteiger partial charge on any atom is -0.399 e. The first kappa shape index (κ1) is 13.1. The molecule has 1 heterocycles. The number of aryl methyl sites for hydroxylation is 1. The van der Waals surface area contributed by atoms with Crippen molar-refractivity contribution >= 4 is 11.6 Å². The highest BCUT2D eigenvalue weighted by molar-refractivity contribution is 5.78. The molecule has 0 aliphatic carbocycles. The summed E-state index contributed by atoms with van der Waals surface area (Å²) in [5, 5.41) is 2.89.